The second kappa shape index (κ2) is 6.97. The molecule has 0 aliphatic carbocycles. The van der Waals surface area contributed by atoms with Gasteiger partial charge in [-0.05, 0) is 30.5 Å². The van der Waals surface area contributed by atoms with Crippen LogP contribution in [0, 0.1) is 12.8 Å². The minimum Gasteiger partial charge on any atom is -0.480 e. The number of benzene rings is 1. The van der Waals surface area contributed by atoms with Crippen LogP contribution in [0.15, 0.2) is 18.2 Å². The summed E-state index contributed by atoms with van der Waals surface area (Å²) in [5.41, 5.74) is 2.71. The molecular weight excluding hydrogens is 270 g/mol. The van der Waals surface area contributed by atoms with Gasteiger partial charge in [0, 0.05) is 25.5 Å². The molecule has 0 spiro atoms. The van der Waals surface area contributed by atoms with Gasteiger partial charge in [-0.3, -0.25) is 0 Å². The lowest BCUT2D eigenvalue weighted by Crippen LogP contribution is -2.46. The Balaban J connectivity index is 2.79. The molecule has 6 heteroatoms. The average Bonchev–Trinajstić information content (AvgIpc) is 2.37. The summed E-state index contributed by atoms with van der Waals surface area (Å²) in [6.07, 6.45) is 0. The molecule has 1 atom stereocenters. The van der Waals surface area contributed by atoms with E-state index in [0.717, 1.165) is 11.3 Å². The lowest BCUT2D eigenvalue weighted by Gasteiger charge is -2.20. The third-order valence-corrected chi connectivity index (χ3v) is 3.17. The highest BCUT2D eigenvalue weighted by atomic mass is 16.4. The minimum absolute atomic E-state index is 0.191. The predicted octanol–water partition coefficient (Wildman–Crippen LogP) is 2.29. The van der Waals surface area contributed by atoms with Crippen LogP contribution in [-0.2, 0) is 4.79 Å². The Morgan fingerprint density at radius 3 is 2.33 bits per heavy atom. The lowest BCUT2D eigenvalue weighted by molar-refractivity contribution is -0.140. The van der Waals surface area contributed by atoms with Crippen LogP contribution in [0.25, 0.3) is 0 Å². The normalized spacial score (nSPS) is 11.9. The maximum absolute atomic E-state index is 11.9. The standard InChI is InChI=1S/C15H23N3O3/c1-9(2)13(14(19)20)17-15(21)16-11-7-6-10(3)12(8-11)18(4)5/h6-9,13H,1-5H3,(H,19,20)(H2,16,17,21). The van der Waals surface area contributed by atoms with Gasteiger partial charge in [-0.25, -0.2) is 9.59 Å². The van der Waals surface area contributed by atoms with Crippen molar-refractivity contribution in [1.29, 1.82) is 0 Å². The highest BCUT2D eigenvalue weighted by molar-refractivity contribution is 5.92. The number of carbonyl (C=O) groups is 2. The topological polar surface area (TPSA) is 81.7 Å². The molecule has 0 aromatic heterocycles. The van der Waals surface area contributed by atoms with Crippen LogP contribution in [-0.4, -0.2) is 37.2 Å². The fourth-order valence-electron chi connectivity index (χ4n) is 1.99. The quantitative estimate of drug-likeness (QED) is 0.778. The number of hydrogen-bond acceptors (Lipinski definition) is 3. The molecule has 1 unspecified atom stereocenters. The number of amides is 2. The zero-order valence-corrected chi connectivity index (χ0v) is 13.1. The monoisotopic (exact) mass is 293 g/mol. The number of rotatable bonds is 5. The number of nitrogens with zero attached hydrogens (tertiary/aromatic N) is 1. The molecule has 116 valence electrons. The zero-order chi connectivity index (χ0) is 16.2. The fraction of sp³-hybridized carbons (Fsp3) is 0.467. The molecule has 0 fully saturated rings. The number of aryl methyl sites for hydroxylation is 1. The van der Waals surface area contributed by atoms with Crippen molar-refractivity contribution in [3.8, 4) is 0 Å². The van der Waals surface area contributed by atoms with Crippen LogP contribution >= 0.6 is 0 Å². The van der Waals surface area contributed by atoms with E-state index in [9.17, 15) is 9.59 Å². The number of nitrogens with one attached hydrogen (secondary N) is 2. The van der Waals surface area contributed by atoms with Gasteiger partial charge in [0.1, 0.15) is 6.04 Å². The van der Waals surface area contributed by atoms with Crippen LogP contribution in [0.4, 0.5) is 16.2 Å². The van der Waals surface area contributed by atoms with Crippen LogP contribution in [0.5, 0.6) is 0 Å². The first-order valence-corrected chi connectivity index (χ1v) is 6.80. The Hall–Kier alpha value is -2.24. The van der Waals surface area contributed by atoms with Gasteiger partial charge in [0.15, 0.2) is 0 Å². The van der Waals surface area contributed by atoms with Gasteiger partial charge in [-0.1, -0.05) is 19.9 Å². The Kier molecular flexibility index (Phi) is 5.58. The molecule has 2 amide bonds. The van der Waals surface area contributed by atoms with Crippen LogP contribution in [0.2, 0.25) is 0 Å². The summed E-state index contributed by atoms with van der Waals surface area (Å²) < 4.78 is 0. The summed E-state index contributed by atoms with van der Waals surface area (Å²) in [4.78, 5) is 24.9. The van der Waals surface area contributed by atoms with Gasteiger partial charge in [0.05, 0.1) is 0 Å². The van der Waals surface area contributed by atoms with Gasteiger partial charge in [-0.15, -0.1) is 0 Å². The lowest BCUT2D eigenvalue weighted by atomic mass is 10.1. The second-order valence-electron chi connectivity index (χ2n) is 5.55. The van der Waals surface area contributed by atoms with Crippen molar-refractivity contribution in [2.75, 3.05) is 24.3 Å². The smallest absolute Gasteiger partial charge is 0.326 e. The van der Waals surface area contributed by atoms with Crippen molar-refractivity contribution in [3.63, 3.8) is 0 Å². The van der Waals surface area contributed by atoms with Gasteiger partial charge in [0.2, 0.25) is 0 Å². The highest BCUT2D eigenvalue weighted by Crippen LogP contribution is 2.22. The summed E-state index contributed by atoms with van der Waals surface area (Å²) in [5.74, 6) is -1.23. The van der Waals surface area contributed by atoms with Gasteiger partial charge < -0.3 is 20.6 Å². The van der Waals surface area contributed by atoms with Crippen molar-refractivity contribution in [2.24, 2.45) is 5.92 Å². The zero-order valence-electron chi connectivity index (χ0n) is 13.1. The molecule has 1 aromatic carbocycles. The molecule has 21 heavy (non-hydrogen) atoms. The van der Waals surface area contributed by atoms with Crippen LogP contribution in [0.1, 0.15) is 19.4 Å². The summed E-state index contributed by atoms with van der Waals surface area (Å²) in [6.45, 7) is 5.47. The second-order valence-corrected chi connectivity index (χ2v) is 5.55. The molecule has 0 heterocycles. The average molecular weight is 293 g/mol. The van der Waals surface area contributed by atoms with E-state index in [4.69, 9.17) is 5.11 Å². The molecule has 0 radical (unpaired) electrons. The molecule has 0 aliphatic rings. The molecule has 6 nitrogen and oxygen atoms in total. The molecule has 1 aromatic rings. The minimum atomic E-state index is -1.04. The molecule has 0 aliphatic heterocycles. The van der Waals surface area contributed by atoms with E-state index in [1.54, 1.807) is 19.9 Å². The van der Waals surface area contributed by atoms with Crippen molar-refractivity contribution < 1.29 is 14.7 Å². The first-order valence-electron chi connectivity index (χ1n) is 6.80. The summed E-state index contributed by atoms with van der Waals surface area (Å²) in [7, 11) is 3.84. The third-order valence-electron chi connectivity index (χ3n) is 3.17. The van der Waals surface area contributed by atoms with Crippen molar-refractivity contribution in [1.82, 2.24) is 5.32 Å². The number of carbonyl (C=O) groups excluding carboxylic acids is 1. The molecule has 0 saturated heterocycles. The maximum atomic E-state index is 11.9. The number of carboxylic acid groups (broad SMARTS) is 1. The highest BCUT2D eigenvalue weighted by Gasteiger charge is 2.23. The molecule has 0 saturated carbocycles. The van der Waals surface area contributed by atoms with E-state index in [1.807, 2.05) is 38.1 Å². The summed E-state index contributed by atoms with van der Waals surface area (Å²) in [5, 5.41) is 14.2. The van der Waals surface area contributed by atoms with Crippen molar-refractivity contribution in [3.05, 3.63) is 23.8 Å². The van der Waals surface area contributed by atoms with E-state index in [0.29, 0.717) is 5.69 Å². The van der Waals surface area contributed by atoms with E-state index >= 15 is 0 Å². The van der Waals surface area contributed by atoms with E-state index in [-0.39, 0.29) is 5.92 Å². The Morgan fingerprint density at radius 2 is 1.86 bits per heavy atom. The molecular formula is C15H23N3O3. The number of hydrogen-bond donors (Lipinski definition) is 3. The number of urea groups is 1. The van der Waals surface area contributed by atoms with Gasteiger partial charge in [0.25, 0.3) is 0 Å². The predicted molar refractivity (Wildman–Crippen MR) is 83.9 cm³/mol. The van der Waals surface area contributed by atoms with E-state index in [2.05, 4.69) is 10.6 Å². The van der Waals surface area contributed by atoms with Crippen molar-refractivity contribution >= 4 is 23.4 Å². The number of anilines is 2. The first kappa shape index (κ1) is 16.8. The van der Waals surface area contributed by atoms with E-state index in [1.165, 1.54) is 0 Å². The first-order chi connectivity index (χ1) is 9.72. The van der Waals surface area contributed by atoms with Gasteiger partial charge in [-0.2, -0.15) is 0 Å². The summed E-state index contributed by atoms with van der Waals surface area (Å²) >= 11 is 0. The van der Waals surface area contributed by atoms with Crippen LogP contribution < -0.4 is 15.5 Å². The Morgan fingerprint density at radius 1 is 1.24 bits per heavy atom. The molecule has 1 rings (SSSR count). The molecule has 3 N–H and O–H groups in total. The third kappa shape index (κ3) is 4.66. The van der Waals surface area contributed by atoms with Crippen LogP contribution in [0.3, 0.4) is 0 Å². The molecule has 0 bridgehead atoms. The largest absolute Gasteiger partial charge is 0.480 e. The number of aliphatic carboxylic acids is 1. The van der Waals surface area contributed by atoms with E-state index < -0.39 is 18.0 Å². The number of carboxylic acids is 1. The van der Waals surface area contributed by atoms with Crippen molar-refractivity contribution in [2.45, 2.75) is 26.8 Å². The fourth-order valence-corrected chi connectivity index (χ4v) is 1.99. The maximum Gasteiger partial charge on any atom is 0.326 e. The summed E-state index contributed by atoms with van der Waals surface area (Å²) in [6, 6.07) is 4.10. The van der Waals surface area contributed by atoms with Gasteiger partial charge >= 0.3 is 12.0 Å². The Bertz CT molecular complexity index is 527. The SMILES string of the molecule is Cc1ccc(NC(=O)NC(C(=O)O)C(C)C)cc1N(C)C. The Labute approximate surface area is 125 Å².